The first-order valence-corrected chi connectivity index (χ1v) is 8.63. The number of methoxy groups -OCH3 is 1. The molecule has 5 heteroatoms. The van der Waals surface area contributed by atoms with Crippen molar-refractivity contribution in [1.82, 2.24) is 4.57 Å². The zero-order valence-corrected chi connectivity index (χ0v) is 14.7. The molecule has 0 aliphatic rings. The quantitative estimate of drug-likeness (QED) is 0.515. The van der Waals surface area contributed by atoms with Gasteiger partial charge in [-0.1, -0.05) is 53.8 Å². The van der Waals surface area contributed by atoms with Gasteiger partial charge in [-0.05, 0) is 23.8 Å². The van der Waals surface area contributed by atoms with Crippen LogP contribution in [0.25, 0.3) is 16.3 Å². The van der Waals surface area contributed by atoms with Crippen LogP contribution in [0, 0.1) is 0 Å². The molecule has 0 unspecified atom stereocenters. The fraction of sp³-hybridized carbons (Fsp3) is 0.100. The highest BCUT2D eigenvalue weighted by molar-refractivity contribution is 7.16. The third-order valence-electron chi connectivity index (χ3n) is 3.62. The first-order valence-electron chi connectivity index (χ1n) is 7.82. The number of allylic oxidation sites excluding steroid dienone is 1. The van der Waals surface area contributed by atoms with E-state index in [1.165, 1.54) is 17.4 Å². The van der Waals surface area contributed by atoms with Crippen LogP contribution in [-0.2, 0) is 11.3 Å². The van der Waals surface area contributed by atoms with Gasteiger partial charge >= 0.3 is 0 Å². The molecular weight excluding hydrogens is 332 g/mol. The van der Waals surface area contributed by atoms with Crippen LogP contribution in [0.1, 0.15) is 5.56 Å². The highest BCUT2D eigenvalue weighted by atomic mass is 32.1. The number of hydrogen-bond donors (Lipinski definition) is 0. The molecule has 1 amide bonds. The van der Waals surface area contributed by atoms with E-state index in [9.17, 15) is 4.79 Å². The average Bonchev–Trinajstić information content (AvgIpc) is 2.98. The standard InChI is InChI=1S/C20H18N2O2S/c1-3-14-22-19-16(24-2)10-7-11-17(19)25-20(22)21-18(23)13-12-15-8-5-4-6-9-15/h3-13H,1,14H2,2H3. The summed E-state index contributed by atoms with van der Waals surface area (Å²) in [4.78, 5) is 17.1. The van der Waals surface area contributed by atoms with Gasteiger partial charge in [0.05, 0.1) is 11.8 Å². The summed E-state index contributed by atoms with van der Waals surface area (Å²) in [5.74, 6) is 0.455. The predicted molar refractivity (Wildman–Crippen MR) is 103 cm³/mol. The van der Waals surface area contributed by atoms with Crippen molar-refractivity contribution in [2.45, 2.75) is 6.54 Å². The number of carbonyl (C=O) groups is 1. The summed E-state index contributed by atoms with van der Waals surface area (Å²) in [5, 5.41) is 0. The van der Waals surface area contributed by atoms with Crippen molar-refractivity contribution in [3.63, 3.8) is 0 Å². The maximum Gasteiger partial charge on any atom is 0.272 e. The molecule has 126 valence electrons. The zero-order valence-electron chi connectivity index (χ0n) is 13.9. The third-order valence-corrected chi connectivity index (χ3v) is 4.66. The van der Waals surface area contributed by atoms with Crippen molar-refractivity contribution in [1.29, 1.82) is 0 Å². The zero-order chi connectivity index (χ0) is 17.6. The molecule has 0 aliphatic carbocycles. The summed E-state index contributed by atoms with van der Waals surface area (Å²) < 4.78 is 8.41. The number of benzene rings is 2. The molecule has 0 atom stereocenters. The normalized spacial score (nSPS) is 12.0. The lowest BCUT2D eigenvalue weighted by Gasteiger charge is -2.05. The van der Waals surface area contributed by atoms with E-state index in [1.54, 1.807) is 19.3 Å². The summed E-state index contributed by atoms with van der Waals surface area (Å²) in [5.41, 5.74) is 1.89. The maximum absolute atomic E-state index is 12.3. The summed E-state index contributed by atoms with van der Waals surface area (Å²) in [6, 6.07) is 15.5. The van der Waals surface area contributed by atoms with Crippen LogP contribution in [0.3, 0.4) is 0 Å². The second-order valence-electron chi connectivity index (χ2n) is 5.28. The average molecular weight is 350 g/mol. The van der Waals surface area contributed by atoms with Gasteiger partial charge in [0, 0.05) is 12.6 Å². The molecule has 25 heavy (non-hydrogen) atoms. The number of amides is 1. The molecule has 0 saturated heterocycles. The van der Waals surface area contributed by atoms with Crippen molar-refractivity contribution in [3.8, 4) is 5.75 Å². The number of hydrogen-bond acceptors (Lipinski definition) is 3. The number of fused-ring (bicyclic) bond motifs is 1. The van der Waals surface area contributed by atoms with Crippen LogP contribution < -0.4 is 9.54 Å². The number of nitrogens with zero attached hydrogens (tertiary/aromatic N) is 2. The molecule has 2 aromatic carbocycles. The van der Waals surface area contributed by atoms with Crippen molar-refractivity contribution in [2.75, 3.05) is 7.11 Å². The molecule has 0 radical (unpaired) electrons. The first-order chi connectivity index (χ1) is 12.2. The number of rotatable bonds is 5. The molecule has 0 N–H and O–H groups in total. The van der Waals surface area contributed by atoms with Gasteiger partial charge in [-0.15, -0.1) is 6.58 Å². The van der Waals surface area contributed by atoms with Crippen LogP contribution in [-0.4, -0.2) is 17.6 Å². The van der Waals surface area contributed by atoms with Gasteiger partial charge in [0.15, 0.2) is 4.80 Å². The molecule has 1 aromatic heterocycles. The van der Waals surface area contributed by atoms with E-state index in [2.05, 4.69) is 11.6 Å². The van der Waals surface area contributed by atoms with Crippen LogP contribution in [0.4, 0.5) is 0 Å². The Bertz CT molecular complexity index is 997. The van der Waals surface area contributed by atoms with Gasteiger partial charge in [-0.3, -0.25) is 4.79 Å². The maximum atomic E-state index is 12.3. The molecule has 3 rings (SSSR count). The topological polar surface area (TPSA) is 43.6 Å². The molecule has 0 spiro atoms. The Morgan fingerprint density at radius 2 is 2.04 bits per heavy atom. The Hall–Kier alpha value is -2.92. The fourth-order valence-corrected chi connectivity index (χ4v) is 3.57. The summed E-state index contributed by atoms with van der Waals surface area (Å²) in [6.07, 6.45) is 5.02. The Morgan fingerprint density at radius 1 is 1.24 bits per heavy atom. The van der Waals surface area contributed by atoms with E-state index in [0.717, 1.165) is 21.5 Å². The van der Waals surface area contributed by atoms with E-state index in [0.29, 0.717) is 11.3 Å². The van der Waals surface area contributed by atoms with Crippen molar-refractivity contribution in [3.05, 3.63) is 77.6 Å². The van der Waals surface area contributed by atoms with E-state index >= 15 is 0 Å². The second kappa shape index (κ2) is 7.77. The van der Waals surface area contributed by atoms with Crippen molar-refractivity contribution < 1.29 is 9.53 Å². The van der Waals surface area contributed by atoms with Gasteiger partial charge in [-0.2, -0.15) is 4.99 Å². The number of aromatic nitrogens is 1. The number of para-hydroxylation sites is 1. The number of thiazole rings is 1. The molecule has 0 fully saturated rings. The lowest BCUT2D eigenvalue weighted by molar-refractivity contribution is -0.113. The lowest BCUT2D eigenvalue weighted by Crippen LogP contribution is -2.15. The molecule has 3 aromatic rings. The van der Waals surface area contributed by atoms with E-state index in [1.807, 2.05) is 53.1 Å². The van der Waals surface area contributed by atoms with Gasteiger partial charge in [0.1, 0.15) is 11.3 Å². The third kappa shape index (κ3) is 3.78. The molecular formula is C20H18N2O2S. The minimum Gasteiger partial charge on any atom is -0.495 e. The highest BCUT2D eigenvalue weighted by Gasteiger charge is 2.10. The number of ether oxygens (including phenoxy) is 1. The minimum atomic E-state index is -0.299. The van der Waals surface area contributed by atoms with Gasteiger partial charge in [0.25, 0.3) is 5.91 Å². The van der Waals surface area contributed by atoms with Gasteiger partial charge < -0.3 is 9.30 Å². The van der Waals surface area contributed by atoms with E-state index in [4.69, 9.17) is 4.74 Å². The lowest BCUT2D eigenvalue weighted by atomic mass is 10.2. The second-order valence-corrected chi connectivity index (χ2v) is 6.29. The largest absolute Gasteiger partial charge is 0.495 e. The summed E-state index contributed by atoms with van der Waals surface area (Å²) in [7, 11) is 1.63. The van der Waals surface area contributed by atoms with Crippen molar-refractivity contribution in [2.24, 2.45) is 4.99 Å². The van der Waals surface area contributed by atoms with Crippen LogP contribution in [0.15, 0.2) is 72.3 Å². The fourth-order valence-electron chi connectivity index (χ4n) is 2.51. The van der Waals surface area contributed by atoms with Crippen LogP contribution >= 0.6 is 11.3 Å². The summed E-state index contributed by atoms with van der Waals surface area (Å²) >= 11 is 1.46. The van der Waals surface area contributed by atoms with Crippen LogP contribution in [0.2, 0.25) is 0 Å². The Morgan fingerprint density at radius 3 is 2.76 bits per heavy atom. The first kappa shape index (κ1) is 16.9. The summed E-state index contributed by atoms with van der Waals surface area (Å²) in [6.45, 7) is 4.35. The highest BCUT2D eigenvalue weighted by Crippen LogP contribution is 2.27. The van der Waals surface area contributed by atoms with E-state index in [-0.39, 0.29) is 5.91 Å². The van der Waals surface area contributed by atoms with Gasteiger partial charge in [-0.25, -0.2) is 0 Å². The van der Waals surface area contributed by atoms with Gasteiger partial charge in [0.2, 0.25) is 0 Å². The molecule has 4 nitrogen and oxygen atoms in total. The molecule has 1 heterocycles. The molecule has 0 aliphatic heterocycles. The SMILES string of the molecule is C=CCn1c(=NC(=O)C=Cc2ccccc2)sc2cccc(OC)c21. The Balaban J connectivity index is 2.03. The molecule has 0 bridgehead atoms. The predicted octanol–water partition coefficient (Wildman–Crippen LogP) is 4.04. The monoisotopic (exact) mass is 350 g/mol. The molecule has 0 saturated carbocycles. The Labute approximate surface area is 150 Å². The smallest absolute Gasteiger partial charge is 0.272 e. The minimum absolute atomic E-state index is 0.299. The Kier molecular flexibility index (Phi) is 5.26. The van der Waals surface area contributed by atoms with E-state index < -0.39 is 0 Å². The van der Waals surface area contributed by atoms with Crippen LogP contribution in [0.5, 0.6) is 5.75 Å². The number of carbonyl (C=O) groups excluding carboxylic acids is 1. The van der Waals surface area contributed by atoms with Crippen molar-refractivity contribution >= 4 is 33.5 Å².